The summed E-state index contributed by atoms with van der Waals surface area (Å²) in [6, 6.07) is 0. The third-order valence-electron chi connectivity index (χ3n) is 3.31. The topological polar surface area (TPSA) is 66.8 Å². The largest absolute Gasteiger partial charge is 0.478 e. The van der Waals surface area contributed by atoms with Gasteiger partial charge in [0.25, 0.3) is 0 Å². The molecule has 0 aliphatic rings. The maximum atomic E-state index is 10.2. The van der Waals surface area contributed by atoms with E-state index in [2.05, 4.69) is 11.8 Å². The lowest BCUT2D eigenvalue weighted by Crippen LogP contribution is -1.84. The van der Waals surface area contributed by atoms with E-state index in [1.807, 2.05) is 6.08 Å². The van der Waals surface area contributed by atoms with Crippen molar-refractivity contribution in [2.45, 2.75) is 58.3 Å². The molecule has 4 heteroatoms. The highest BCUT2D eigenvalue weighted by Gasteiger charge is 1.91. The van der Waals surface area contributed by atoms with Gasteiger partial charge in [-0.1, -0.05) is 81.9 Å². The predicted molar refractivity (Wildman–Crippen MR) is 98.6 cm³/mol. The number of carboxylic acids is 1. The predicted octanol–water partition coefficient (Wildman–Crippen LogP) is 5.81. The molecule has 0 heterocycles. The van der Waals surface area contributed by atoms with E-state index in [9.17, 15) is 4.79 Å². The average molecular weight is 334 g/mol. The lowest BCUT2D eigenvalue weighted by molar-refractivity contribution is -0.198. The summed E-state index contributed by atoms with van der Waals surface area (Å²) in [5.74, 6) is -0.616. The molecule has 134 valence electrons. The molecule has 0 unspecified atom stereocenters. The molecular weight excluding hydrogens is 304 g/mol. The Hall–Kier alpha value is -2.07. The minimum absolute atomic E-state index is 0.365. The molecule has 0 spiro atoms. The molecule has 0 rings (SSSR count). The van der Waals surface area contributed by atoms with Crippen LogP contribution in [0.15, 0.2) is 60.4 Å². The van der Waals surface area contributed by atoms with Crippen LogP contribution >= 0.6 is 0 Å². The van der Waals surface area contributed by atoms with E-state index in [1.54, 1.807) is 36.5 Å². The van der Waals surface area contributed by atoms with Gasteiger partial charge in [-0.05, 0) is 25.0 Å². The number of aliphatic carboxylic acids is 1. The Morgan fingerprint density at radius 3 is 2.17 bits per heavy atom. The molecule has 0 saturated carbocycles. The normalized spacial score (nSPS) is 13.0. The summed E-state index contributed by atoms with van der Waals surface area (Å²) in [6.07, 6.45) is 24.5. The zero-order valence-electron chi connectivity index (χ0n) is 14.6. The van der Waals surface area contributed by atoms with Crippen LogP contribution in [0.4, 0.5) is 0 Å². The summed E-state index contributed by atoms with van der Waals surface area (Å²) in [4.78, 5) is 14.5. The fourth-order valence-corrected chi connectivity index (χ4v) is 2.02. The fourth-order valence-electron chi connectivity index (χ4n) is 2.02. The smallest absolute Gasteiger partial charge is 0.328 e. The Kier molecular flexibility index (Phi) is 15.8. The first kappa shape index (κ1) is 21.9. The Bertz CT molecular complexity index is 456. The van der Waals surface area contributed by atoms with Crippen molar-refractivity contribution in [1.29, 1.82) is 0 Å². The molecule has 2 N–H and O–H groups in total. The first-order chi connectivity index (χ1) is 11.7. The van der Waals surface area contributed by atoms with Crippen molar-refractivity contribution in [3.8, 4) is 0 Å². The number of unbranched alkanes of at least 4 members (excludes halogenated alkanes) is 7. The van der Waals surface area contributed by atoms with Crippen LogP contribution < -0.4 is 0 Å². The van der Waals surface area contributed by atoms with Gasteiger partial charge in [-0.3, -0.25) is 0 Å². The number of carbonyl (C=O) groups is 1. The minimum Gasteiger partial charge on any atom is -0.478 e. The van der Waals surface area contributed by atoms with Crippen molar-refractivity contribution < 1.29 is 20.0 Å². The van der Waals surface area contributed by atoms with E-state index in [4.69, 9.17) is 10.4 Å². The monoisotopic (exact) mass is 334 g/mol. The van der Waals surface area contributed by atoms with E-state index < -0.39 is 5.97 Å². The zero-order valence-corrected chi connectivity index (χ0v) is 14.6. The molecule has 0 fully saturated rings. The van der Waals surface area contributed by atoms with Crippen molar-refractivity contribution in [3.63, 3.8) is 0 Å². The second-order valence-electron chi connectivity index (χ2n) is 5.44. The van der Waals surface area contributed by atoms with E-state index in [-0.39, 0.29) is 0 Å². The van der Waals surface area contributed by atoms with Crippen LogP contribution in [0.1, 0.15) is 58.3 Å². The van der Waals surface area contributed by atoms with Gasteiger partial charge in [-0.15, -0.1) is 0 Å². The van der Waals surface area contributed by atoms with Crippen molar-refractivity contribution in [2.24, 2.45) is 0 Å². The molecule has 0 aromatic carbocycles. The molecule has 0 aliphatic carbocycles. The van der Waals surface area contributed by atoms with Crippen LogP contribution in [0.2, 0.25) is 0 Å². The van der Waals surface area contributed by atoms with Crippen LogP contribution in [0, 0.1) is 0 Å². The summed E-state index contributed by atoms with van der Waals surface area (Å²) in [5.41, 5.74) is 0. The van der Waals surface area contributed by atoms with Gasteiger partial charge in [0.1, 0.15) is 0 Å². The van der Waals surface area contributed by atoms with Gasteiger partial charge < -0.3 is 9.99 Å². The Labute approximate surface area is 145 Å². The molecule has 0 aromatic rings. The first-order valence-corrected chi connectivity index (χ1v) is 8.63. The van der Waals surface area contributed by atoms with Crippen molar-refractivity contribution in [2.75, 3.05) is 0 Å². The van der Waals surface area contributed by atoms with Crippen molar-refractivity contribution in [1.82, 2.24) is 0 Å². The number of carboxylic acid groups (broad SMARTS) is 1. The molecule has 24 heavy (non-hydrogen) atoms. The van der Waals surface area contributed by atoms with E-state index >= 15 is 0 Å². The van der Waals surface area contributed by atoms with Gasteiger partial charge in [0, 0.05) is 6.08 Å². The van der Waals surface area contributed by atoms with E-state index in [0.717, 1.165) is 18.9 Å². The summed E-state index contributed by atoms with van der Waals surface area (Å²) in [6.45, 7) is 2.22. The number of allylic oxidation sites excluding steroid dienone is 8. The SMILES string of the molecule is CCCCCCCCCC=CC(=CC=CC=CC=CC(=O)O)OO. The van der Waals surface area contributed by atoms with Gasteiger partial charge in [0.15, 0.2) is 5.76 Å². The summed E-state index contributed by atoms with van der Waals surface area (Å²) in [7, 11) is 0. The van der Waals surface area contributed by atoms with Crippen molar-refractivity contribution in [3.05, 3.63) is 60.4 Å². The Morgan fingerprint density at radius 2 is 1.50 bits per heavy atom. The average Bonchev–Trinajstić information content (AvgIpc) is 2.57. The molecule has 0 aromatic heterocycles. The maximum Gasteiger partial charge on any atom is 0.328 e. The molecule has 0 atom stereocenters. The fraction of sp³-hybridized carbons (Fsp3) is 0.450. The molecular formula is C20H30O4. The van der Waals surface area contributed by atoms with Crippen LogP contribution in [-0.2, 0) is 9.68 Å². The lowest BCUT2D eigenvalue weighted by atomic mass is 10.1. The van der Waals surface area contributed by atoms with Gasteiger partial charge in [-0.2, -0.15) is 0 Å². The molecule has 4 nitrogen and oxygen atoms in total. The second kappa shape index (κ2) is 17.3. The Morgan fingerprint density at radius 1 is 0.875 bits per heavy atom. The summed E-state index contributed by atoms with van der Waals surface area (Å²) >= 11 is 0. The minimum atomic E-state index is -0.981. The number of rotatable bonds is 14. The van der Waals surface area contributed by atoms with Crippen LogP contribution in [0.25, 0.3) is 0 Å². The molecule has 0 radical (unpaired) electrons. The summed E-state index contributed by atoms with van der Waals surface area (Å²) in [5, 5.41) is 17.2. The first-order valence-electron chi connectivity index (χ1n) is 8.63. The summed E-state index contributed by atoms with van der Waals surface area (Å²) < 4.78 is 0. The molecule has 0 bridgehead atoms. The van der Waals surface area contributed by atoms with E-state index in [1.165, 1.54) is 44.6 Å². The van der Waals surface area contributed by atoms with Crippen LogP contribution in [0.3, 0.4) is 0 Å². The third kappa shape index (κ3) is 16.3. The third-order valence-corrected chi connectivity index (χ3v) is 3.31. The highest BCUT2D eigenvalue weighted by atomic mass is 17.1. The number of hydrogen-bond donors (Lipinski definition) is 2. The Balaban J connectivity index is 3.92. The van der Waals surface area contributed by atoms with Crippen LogP contribution in [0.5, 0.6) is 0 Å². The van der Waals surface area contributed by atoms with E-state index in [0.29, 0.717) is 5.76 Å². The second-order valence-corrected chi connectivity index (χ2v) is 5.44. The quantitative estimate of drug-likeness (QED) is 0.105. The standard InChI is InChI=1S/C20H30O4/c1-2-3-4-5-6-7-8-10-13-16-19(24-23)17-14-11-9-12-15-18-20(21)22/h9,11-18,23H,2-8,10H2,1H3,(H,21,22). The molecule has 0 saturated heterocycles. The highest BCUT2D eigenvalue weighted by molar-refractivity contribution is 5.80. The lowest BCUT2D eigenvalue weighted by Gasteiger charge is -1.99. The maximum absolute atomic E-state index is 10.2. The van der Waals surface area contributed by atoms with Crippen LogP contribution in [-0.4, -0.2) is 16.3 Å². The highest BCUT2D eigenvalue weighted by Crippen LogP contribution is 2.09. The van der Waals surface area contributed by atoms with Gasteiger partial charge >= 0.3 is 5.97 Å². The van der Waals surface area contributed by atoms with Gasteiger partial charge in [0.2, 0.25) is 0 Å². The van der Waals surface area contributed by atoms with Gasteiger partial charge in [0.05, 0.1) is 0 Å². The van der Waals surface area contributed by atoms with Gasteiger partial charge in [-0.25, -0.2) is 10.1 Å². The van der Waals surface area contributed by atoms with Crippen molar-refractivity contribution >= 4 is 5.97 Å². The number of hydrogen-bond acceptors (Lipinski definition) is 3. The molecule has 0 aliphatic heterocycles. The molecule has 0 amide bonds. The zero-order chi connectivity index (χ0) is 17.9.